The fourth-order valence-electron chi connectivity index (χ4n) is 1.67. The van der Waals surface area contributed by atoms with Crippen LogP contribution in [0.15, 0.2) is 35.5 Å². The summed E-state index contributed by atoms with van der Waals surface area (Å²) in [6, 6.07) is 4.60. The van der Waals surface area contributed by atoms with E-state index in [1.54, 1.807) is 23.0 Å². The number of imidazole rings is 1. The van der Waals surface area contributed by atoms with Gasteiger partial charge in [-0.1, -0.05) is 0 Å². The molecule has 0 aliphatic carbocycles. The SMILES string of the molecule is CNS(=O)(=O)c1ccc(-n2ccnc2C)c(N)c1. The Morgan fingerprint density at radius 1 is 1.39 bits per heavy atom. The van der Waals surface area contributed by atoms with E-state index in [0.29, 0.717) is 11.4 Å². The summed E-state index contributed by atoms with van der Waals surface area (Å²) >= 11 is 0. The summed E-state index contributed by atoms with van der Waals surface area (Å²) in [6.07, 6.45) is 3.43. The van der Waals surface area contributed by atoms with Crippen molar-refractivity contribution in [2.24, 2.45) is 0 Å². The molecule has 1 aromatic heterocycles. The molecular weight excluding hydrogens is 252 g/mol. The van der Waals surface area contributed by atoms with Gasteiger partial charge < -0.3 is 10.3 Å². The van der Waals surface area contributed by atoms with Gasteiger partial charge in [-0.3, -0.25) is 0 Å². The molecule has 96 valence electrons. The van der Waals surface area contributed by atoms with Gasteiger partial charge in [0.05, 0.1) is 16.3 Å². The molecule has 18 heavy (non-hydrogen) atoms. The number of nitrogens with one attached hydrogen (secondary N) is 1. The Balaban J connectivity index is 2.54. The van der Waals surface area contributed by atoms with Gasteiger partial charge in [0.1, 0.15) is 5.82 Å². The largest absolute Gasteiger partial charge is 0.397 e. The molecule has 2 rings (SSSR count). The van der Waals surface area contributed by atoms with Crippen LogP contribution in [-0.2, 0) is 10.0 Å². The molecule has 0 aliphatic rings. The second kappa shape index (κ2) is 4.43. The van der Waals surface area contributed by atoms with Gasteiger partial charge in [0, 0.05) is 12.4 Å². The summed E-state index contributed by atoms with van der Waals surface area (Å²) in [5.41, 5.74) is 6.98. The van der Waals surface area contributed by atoms with Crippen LogP contribution in [0.3, 0.4) is 0 Å². The van der Waals surface area contributed by atoms with Crippen molar-refractivity contribution >= 4 is 15.7 Å². The smallest absolute Gasteiger partial charge is 0.240 e. The van der Waals surface area contributed by atoms with Crippen molar-refractivity contribution in [1.82, 2.24) is 14.3 Å². The first-order valence-electron chi connectivity index (χ1n) is 5.29. The monoisotopic (exact) mass is 266 g/mol. The Morgan fingerprint density at radius 2 is 2.11 bits per heavy atom. The maximum absolute atomic E-state index is 11.6. The zero-order valence-electron chi connectivity index (χ0n) is 10.1. The highest BCUT2D eigenvalue weighted by atomic mass is 32.2. The van der Waals surface area contributed by atoms with Gasteiger partial charge in [0.25, 0.3) is 0 Å². The molecule has 6 nitrogen and oxygen atoms in total. The standard InChI is InChI=1S/C11H14N4O2S/c1-8-14-5-6-15(8)11-4-3-9(7-10(11)12)18(16,17)13-2/h3-7,13H,12H2,1-2H3. The summed E-state index contributed by atoms with van der Waals surface area (Å²) in [5, 5.41) is 0. The van der Waals surface area contributed by atoms with Crippen molar-refractivity contribution in [3.8, 4) is 5.69 Å². The minimum atomic E-state index is -3.47. The Labute approximate surface area is 106 Å². The topological polar surface area (TPSA) is 90.0 Å². The number of nitrogen functional groups attached to an aromatic ring is 1. The minimum absolute atomic E-state index is 0.143. The Hall–Kier alpha value is -1.86. The van der Waals surface area contributed by atoms with Crippen LogP contribution < -0.4 is 10.5 Å². The van der Waals surface area contributed by atoms with Gasteiger partial charge in [0.15, 0.2) is 0 Å². The normalized spacial score (nSPS) is 11.7. The lowest BCUT2D eigenvalue weighted by molar-refractivity contribution is 0.588. The van der Waals surface area contributed by atoms with Crippen molar-refractivity contribution in [2.75, 3.05) is 12.8 Å². The first kappa shape index (κ1) is 12.6. The summed E-state index contributed by atoms with van der Waals surface area (Å²) in [6.45, 7) is 1.84. The average molecular weight is 266 g/mol. The molecule has 3 N–H and O–H groups in total. The predicted molar refractivity (Wildman–Crippen MR) is 69.0 cm³/mol. The van der Waals surface area contributed by atoms with Gasteiger partial charge in [0.2, 0.25) is 10.0 Å². The van der Waals surface area contributed by atoms with Crippen molar-refractivity contribution in [1.29, 1.82) is 0 Å². The molecule has 0 spiro atoms. The molecule has 0 aliphatic heterocycles. The van der Waals surface area contributed by atoms with Gasteiger partial charge >= 0.3 is 0 Å². The lowest BCUT2D eigenvalue weighted by Crippen LogP contribution is -2.18. The fraction of sp³-hybridized carbons (Fsp3) is 0.182. The van der Waals surface area contributed by atoms with Gasteiger partial charge in [-0.05, 0) is 32.2 Å². The van der Waals surface area contributed by atoms with Crippen molar-refractivity contribution in [3.05, 3.63) is 36.4 Å². The lowest BCUT2D eigenvalue weighted by atomic mass is 10.2. The molecule has 0 saturated heterocycles. The van der Waals surface area contributed by atoms with E-state index in [-0.39, 0.29) is 4.90 Å². The highest BCUT2D eigenvalue weighted by molar-refractivity contribution is 7.89. The van der Waals surface area contributed by atoms with E-state index in [1.165, 1.54) is 19.2 Å². The molecule has 0 radical (unpaired) electrons. The number of benzene rings is 1. The van der Waals surface area contributed by atoms with Crippen LogP contribution in [0, 0.1) is 6.92 Å². The van der Waals surface area contributed by atoms with E-state index in [1.807, 2.05) is 6.92 Å². The number of sulfonamides is 1. The average Bonchev–Trinajstić information content (AvgIpc) is 2.75. The molecule has 2 aromatic rings. The number of aromatic nitrogens is 2. The number of rotatable bonds is 3. The number of hydrogen-bond acceptors (Lipinski definition) is 4. The van der Waals surface area contributed by atoms with Crippen LogP contribution >= 0.6 is 0 Å². The van der Waals surface area contributed by atoms with E-state index in [2.05, 4.69) is 9.71 Å². The zero-order valence-corrected chi connectivity index (χ0v) is 10.9. The quantitative estimate of drug-likeness (QED) is 0.799. The molecule has 1 heterocycles. The molecular formula is C11H14N4O2S. The van der Waals surface area contributed by atoms with E-state index >= 15 is 0 Å². The van der Waals surface area contributed by atoms with Crippen LogP contribution in [-0.4, -0.2) is 25.0 Å². The summed E-state index contributed by atoms with van der Waals surface area (Å²) in [7, 11) is -2.11. The van der Waals surface area contributed by atoms with Crippen LogP contribution in [0.25, 0.3) is 5.69 Å². The molecule has 0 saturated carbocycles. The van der Waals surface area contributed by atoms with E-state index in [0.717, 1.165) is 5.82 Å². The number of nitrogens with zero attached hydrogens (tertiary/aromatic N) is 2. The molecule has 0 atom stereocenters. The molecule has 0 amide bonds. The highest BCUT2D eigenvalue weighted by Gasteiger charge is 2.13. The first-order valence-corrected chi connectivity index (χ1v) is 6.77. The first-order chi connectivity index (χ1) is 8.45. The van der Waals surface area contributed by atoms with Crippen LogP contribution in [0.2, 0.25) is 0 Å². The van der Waals surface area contributed by atoms with Gasteiger partial charge in [-0.15, -0.1) is 0 Å². The van der Waals surface area contributed by atoms with Crippen molar-refractivity contribution in [2.45, 2.75) is 11.8 Å². The second-order valence-electron chi connectivity index (χ2n) is 3.77. The van der Waals surface area contributed by atoms with Crippen LogP contribution in [0.5, 0.6) is 0 Å². The summed E-state index contributed by atoms with van der Waals surface area (Å²) in [5.74, 6) is 0.783. The molecule has 7 heteroatoms. The molecule has 0 bridgehead atoms. The van der Waals surface area contributed by atoms with Crippen LogP contribution in [0.4, 0.5) is 5.69 Å². The summed E-state index contributed by atoms with van der Waals surface area (Å²) < 4.78 is 27.3. The Kier molecular flexibility index (Phi) is 3.10. The maximum atomic E-state index is 11.6. The van der Waals surface area contributed by atoms with Crippen molar-refractivity contribution in [3.63, 3.8) is 0 Å². The lowest BCUT2D eigenvalue weighted by Gasteiger charge is -2.10. The Bertz CT molecular complexity index is 676. The molecule has 0 fully saturated rings. The third-order valence-electron chi connectivity index (χ3n) is 2.66. The number of nitrogens with two attached hydrogens (primary N) is 1. The summed E-state index contributed by atoms with van der Waals surface area (Å²) in [4.78, 5) is 4.24. The van der Waals surface area contributed by atoms with E-state index < -0.39 is 10.0 Å². The van der Waals surface area contributed by atoms with Gasteiger partial charge in [-0.25, -0.2) is 18.1 Å². The maximum Gasteiger partial charge on any atom is 0.240 e. The van der Waals surface area contributed by atoms with Crippen molar-refractivity contribution < 1.29 is 8.42 Å². The second-order valence-corrected chi connectivity index (χ2v) is 5.66. The molecule has 1 aromatic carbocycles. The fourth-order valence-corrected chi connectivity index (χ4v) is 2.43. The predicted octanol–water partition coefficient (Wildman–Crippen LogP) is 0.671. The number of aryl methyl sites for hydroxylation is 1. The number of hydrogen-bond donors (Lipinski definition) is 2. The highest BCUT2D eigenvalue weighted by Crippen LogP contribution is 2.22. The van der Waals surface area contributed by atoms with Crippen LogP contribution in [0.1, 0.15) is 5.82 Å². The third kappa shape index (κ3) is 2.09. The van der Waals surface area contributed by atoms with E-state index in [9.17, 15) is 8.42 Å². The van der Waals surface area contributed by atoms with E-state index in [4.69, 9.17) is 5.73 Å². The Morgan fingerprint density at radius 3 is 2.61 bits per heavy atom. The zero-order chi connectivity index (χ0) is 13.3. The third-order valence-corrected chi connectivity index (χ3v) is 4.08. The molecule has 0 unspecified atom stereocenters. The minimum Gasteiger partial charge on any atom is -0.397 e. The number of anilines is 1. The van der Waals surface area contributed by atoms with Gasteiger partial charge in [-0.2, -0.15) is 0 Å².